The lowest BCUT2D eigenvalue weighted by molar-refractivity contribution is 0.160. The molecule has 2 aliphatic rings. The van der Waals surface area contributed by atoms with Crippen molar-refractivity contribution in [3.05, 3.63) is 35.9 Å². The molecular weight excluding hydrogens is 196 g/mol. The maximum Gasteiger partial charge on any atom is 0.0638 e. The van der Waals surface area contributed by atoms with Crippen LogP contribution in [0.25, 0.3) is 0 Å². The second kappa shape index (κ2) is 3.31. The highest BCUT2D eigenvalue weighted by molar-refractivity contribution is 5.23. The molecule has 1 saturated carbocycles. The Morgan fingerprint density at radius 1 is 1.12 bits per heavy atom. The molecule has 2 N–H and O–H groups in total. The Bertz CT molecular complexity index is 373. The molecule has 0 bridgehead atoms. The van der Waals surface area contributed by atoms with Gasteiger partial charge in [-0.25, -0.2) is 0 Å². The van der Waals surface area contributed by atoms with Gasteiger partial charge in [0.15, 0.2) is 0 Å². The number of benzene rings is 1. The van der Waals surface area contributed by atoms with Crippen LogP contribution in [0.3, 0.4) is 0 Å². The van der Waals surface area contributed by atoms with Gasteiger partial charge in [0.1, 0.15) is 0 Å². The van der Waals surface area contributed by atoms with Gasteiger partial charge in [0.25, 0.3) is 0 Å². The third-order valence-corrected chi connectivity index (χ3v) is 3.76. The Labute approximate surface area is 97.4 Å². The minimum atomic E-state index is 0.0509. The fraction of sp³-hybridized carbons (Fsp3) is 0.571. The Morgan fingerprint density at radius 2 is 1.81 bits per heavy atom. The standard InChI is InChI=1S/C14H20N2/c1-13(2)15-12(10-14(16-13)8-9-14)11-6-4-3-5-7-11/h3-7,12,15-16H,8-10H2,1-2H3. The molecule has 1 atom stereocenters. The topological polar surface area (TPSA) is 24.1 Å². The van der Waals surface area contributed by atoms with Gasteiger partial charge in [-0.1, -0.05) is 30.3 Å². The number of nitrogens with one attached hydrogen (secondary N) is 2. The maximum atomic E-state index is 3.73. The molecular formula is C14H20N2. The lowest BCUT2D eigenvalue weighted by Gasteiger charge is -2.44. The van der Waals surface area contributed by atoms with E-state index in [9.17, 15) is 0 Å². The molecule has 1 saturated heterocycles. The molecule has 1 unspecified atom stereocenters. The molecule has 2 fully saturated rings. The third kappa shape index (κ3) is 1.87. The van der Waals surface area contributed by atoms with Crippen molar-refractivity contribution in [3.63, 3.8) is 0 Å². The van der Waals surface area contributed by atoms with Gasteiger partial charge in [-0.15, -0.1) is 0 Å². The monoisotopic (exact) mass is 216 g/mol. The van der Waals surface area contributed by atoms with E-state index >= 15 is 0 Å². The molecule has 2 nitrogen and oxygen atoms in total. The summed E-state index contributed by atoms with van der Waals surface area (Å²) in [5.41, 5.74) is 1.90. The summed E-state index contributed by atoms with van der Waals surface area (Å²) in [6.07, 6.45) is 3.89. The van der Waals surface area contributed by atoms with Gasteiger partial charge in [0.05, 0.1) is 5.66 Å². The summed E-state index contributed by atoms with van der Waals surface area (Å²) < 4.78 is 0. The Kier molecular flexibility index (Phi) is 2.13. The van der Waals surface area contributed by atoms with Gasteiger partial charge < -0.3 is 0 Å². The Hall–Kier alpha value is -0.860. The largest absolute Gasteiger partial charge is 0.294 e. The Balaban J connectivity index is 1.86. The van der Waals surface area contributed by atoms with Gasteiger partial charge >= 0.3 is 0 Å². The van der Waals surface area contributed by atoms with Gasteiger partial charge in [-0.05, 0) is 38.7 Å². The van der Waals surface area contributed by atoms with Crippen LogP contribution < -0.4 is 10.6 Å². The van der Waals surface area contributed by atoms with Crippen LogP contribution in [0.1, 0.15) is 44.7 Å². The highest BCUT2D eigenvalue weighted by atomic mass is 15.3. The molecule has 2 heteroatoms. The fourth-order valence-electron chi connectivity index (χ4n) is 2.99. The van der Waals surface area contributed by atoms with E-state index in [0.29, 0.717) is 11.6 Å². The number of rotatable bonds is 1. The molecule has 16 heavy (non-hydrogen) atoms. The fourth-order valence-corrected chi connectivity index (χ4v) is 2.99. The first kappa shape index (κ1) is 10.3. The first-order valence-corrected chi connectivity index (χ1v) is 6.21. The molecule has 86 valence electrons. The van der Waals surface area contributed by atoms with Gasteiger partial charge in [0, 0.05) is 11.6 Å². The number of hydrogen-bond donors (Lipinski definition) is 2. The van der Waals surface area contributed by atoms with Crippen LogP contribution in [0, 0.1) is 0 Å². The van der Waals surface area contributed by atoms with Crippen LogP contribution in [-0.2, 0) is 0 Å². The van der Waals surface area contributed by atoms with E-state index in [0.717, 1.165) is 0 Å². The normalized spacial score (nSPS) is 30.2. The quantitative estimate of drug-likeness (QED) is 0.754. The zero-order valence-corrected chi connectivity index (χ0v) is 10.1. The van der Waals surface area contributed by atoms with Crippen LogP contribution in [0.5, 0.6) is 0 Å². The molecule has 1 aliphatic heterocycles. The summed E-state index contributed by atoms with van der Waals surface area (Å²) in [6.45, 7) is 4.48. The number of hydrogen-bond acceptors (Lipinski definition) is 2. The van der Waals surface area contributed by atoms with Crippen LogP contribution in [0.4, 0.5) is 0 Å². The summed E-state index contributed by atoms with van der Waals surface area (Å²) in [7, 11) is 0. The zero-order chi connectivity index (χ0) is 11.2. The van der Waals surface area contributed by atoms with Crippen molar-refractivity contribution in [2.45, 2.75) is 50.4 Å². The van der Waals surface area contributed by atoms with Gasteiger partial charge in [-0.2, -0.15) is 0 Å². The van der Waals surface area contributed by atoms with E-state index in [1.807, 2.05) is 0 Å². The second-order valence-corrected chi connectivity index (χ2v) is 5.84. The minimum absolute atomic E-state index is 0.0509. The smallest absolute Gasteiger partial charge is 0.0638 e. The molecule has 0 radical (unpaired) electrons. The van der Waals surface area contributed by atoms with Crippen LogP contribution in [0.15, 0.2) is 30.3 Å². The van der Waals surface area contributed by atoms with E-state index in [1.54, 1.807) is 0 Å². The zero-order valence-electron chi connectivity index (χ0n) is 10.1. The molecule has 3 rings (SSSR count). The van der Waals surface area contributed by atoms with Gasteiger partial charge in [-0.3, -0.25) is 10.6 Å². The average Bonchev–Trinajstić information content (AvgIpc) is 2.96. The van der Waals surface area contributed by atoms with Crippen LogP contribution in [-0.4, -0.2) is 11.2 Å². The van der Waals surface area contributed by atoms with Crippen molar-refractivity contribution in [2.75, 3.05) is 0 Å². The van der Waals surface area contributed by atoms with E-state index in [1.165, 1.54) is 24.8 Å². The summed E-state index contributed by atoms with van der Waals surface area (Å²) >= 11 is 0. The second-order valence-electron chi connectivity index (χ2n) is 5.84. The summed E-state index contributed by atoms with van der Waals surface area (Å²) in [5.74, 6) is 0. The molecule has 0 amide bonds. The van der Waals surface area contributed by atoms with Crippen LogP contribution in [0.2, 0.25) is 0 Å². The van der Waals surface area contributed by atoms with Crippen molar-refractivity contribution in [2.24, 2.45) is 0 Å². The van der Waals surface area contributed by atoms with Gasteiger partial charge in [0.2, 0.25) is 0 Å². The predicted molar refractivity (Wildman–Crippen MR) is 66.1 cm³/mol. The van der Waals surface area contributed by atoms with Crippen molar-refractivity contribution in [1.29, 1.82) is 0 Å². The van der Waals surface area contributed by atoms with Crippen molar-refractivity contribution in [1.82, 2.24) is 10.6 Å². The summed E-state index contributed by atoms with van der Waals surface area (Å²) in [4.78, 5) is 0. The minimum Gasteiger partial charge on any atom is -0.294 e. The van der Waals surface area contributed by atoms with Crippen LogP contribution >= 0.6 is 0 Å². The first-order valence-electron chi connectivity index (χ1n) is 6.21. The molecule has 1 aliphatic carbocycles. The summed E-state index contributed by atoms with van der Waals surface area (Å²) in [6, 6.07) is 11.3. The predicted octanol–water partition coefficient (Wildman–Crippen LogP) is 2.58. The van der Waals surface area contributed by atoms with Crippen molar-refractivity contribution in [3.8, 4) is 0 Å². The maximum absolute atomic E-state index is 3.73. The highest BCUT2D eigenvalue weighted by Crippen LogP contribution is 2.46. The SMILES string of the molecule is CC1(C)NC(c2ccccc2)CC2(CC2)N1. The molecule has 1 spiro atoms. The average molecular weight is 216 g/mol. The lowest BCUT2D eigenvalue weighted by atomic mass is 9.92. The molecule has 1 heterocycles. The molecule has 1 aromatic rings. The lowest BCUT2D eigenvalue weighted by Crippen LogP contribution is -2.63. The summed E-state index contributed by atoms with van der Waals surface area (Å²) in [5, 5.41) is 7.43. The van der Waals surface area contributed by atoms with Crippen molar-refractivity contribution < 1.29 is 0 Å². The Morgan fingerprint density at radius 3 is 2.44 bits per heavy atom. The van der Waals surface area contributed by atoms with E-state index in [-0.39, 0.29) is 5.66 Å². The molecule has 0 aromatic heterocycles. The third-order valence-electron chi connectivity index (χ3n) is 3.76. The van der Waals surface area contributed by atoms with E-state index in [2.05, 4.69) is 54.8 Å². The highest BCUT2D eigenvalue weighted by Gasteiger charge is 2.50. The van der Waals surface area contributed by atoms with E-state index < -0.39 is 0 Å². The van der Waals surface area contributed by atoms with Crippen molar-refractivity contribution >= 4 is 0 Å². The van der Waals surface area contributed by atoms with E-state index in [4.69, 9.17) is 0 Å². The first-order chi connectivity index (χ1) is 7.59. The molecule has 1 aromatic carbocycles.